The summed E-state index contributed by atoms with van der Waals surface area (Å²) >= 11 is 0. The van der Waals surface area contributed by atoms with E-state index in [-0.39, 0.29) is 30.4 Å². The van der Waals surface area contributed by atoms with Crippen LogP contribution in [0, 0.1) is 12.8 Å². The molecule has 2 aliphatic rings. The van der Waals surface area contributed by atoms with E-state index >= 15 is 0 Å². The van der Waals surface area contributed by atoms with Crippen LogP contribution in [0.2, 0.25) is 0 Å². The second-order valence-electron chi connectivity index (χ2n) is 7.24. The number of likely N-dealkylation sites (tertiary alicyclic amines) is 1. The second kappa shape index (κ2) is 7.48. The molecular weight excluding hydrogens is 342 g/mol. The predicted octanol–water partition coefficient (Wildman–Crippen LogP) is 2.28. The molecule has 6 heteroatoms. The maximum atomic E-state index is 12.9. The number of para-hydroxylation sites is 1. The lowest BCUT2D eigenvalue weighted by molar-refractivity contribution is -0.124. The van der Waals surface area contributed by atoms with Crippen molar-refractivity contribution in [3.63, 3.8) is 0 Å². The van der Waals surface area contributed by atoms with E-state index in [0.717, 1.165) is 17.7 Å². The molecule has 2 fully saturated rings. The normalized spacial score (nSPS) is 22.9. The Hall–Kier alpha value is -2.73. The zero-order chi connectivity index (χ0) is 18.8. The summed E-state index contributed by atoms with van der Waals surface area (Å²) in [6.45, 7) is 3.79. The SMILES string of the molecule is Cc1cncc(C(=O)N2CC[C@@H]3OCC(=O)N(c4ccccc4)C[C@H]3C2)c1. The van der Waals surface area contributed by atoms with E-state index in [1.165, 1.54) is 0 Å². The van der Waals surface area contributed by atoms with Crippen LogP contribution in [-0.2, 0) is 9.53 Å². The highest BCUT2D eigenvalue weighted by atomic mass is 16.5. The van der Waals surface area contributed by atoms with Crippen LogP contribution in [0.15, 0.2) is 48.8 Å². The third-order valence-corrected chi connectivity index (χ3v) is 5.28. The van der Waals surface area contributed by atoms with Crippen LogP contribution in [-0.4, -0.2) is 54.0 Å². The molecule has 27 heavy (non-hydrogen) atoms. The van der Waals surface area contributed by atoms with E-state index in [1.54, 1.807) is 17.3 Å². The van der Waals surface area contributed by atoms with Crippen LogP contribution in [0.1, 0.15) is 22.3 Å². The Morgan fingerprint density at radius 3 is 2.78 bits per heavy atom. The average Bonchev–Trinajstić information content (AvgIpc) is 2.86. The van der Waals surface area contributed by atoms with Gasteiger partial charge in [0.2, 0.25) is 0 Å². The molecule has 1 aromatic carbocycles. The van der Waals surface area contributed by atoms with Crippen molar-refractivity contribution in [2.75, 3.05) is 31.1 Å². The number of nitrogens with zero attached hydrogens (tertiary/aromatic N) is 3. The molecule has 2 aliphatic heterocycles. The van der Waals surface area contributed by atoms with Gasteiger partial charge in [0.1, 0.15) is 6.61 Å². The third-order valence-electron chi connectivity index (χ3n) is 5.28. The van der Waals surface area contributed by atoms with Gasteiger partial charge in [-0.2, -0.15) is 0 Å². The van der Waals surface area contributed by atoms with Crippen molar-refractivity contribution in [1.29, 1.82) is 0 Å². The first-order valence-electron chi connectivity index (χ1n) is 9.30. The molecule has 0 radical (unpaired) electrons. The van der Waals surface area contributed by atoms with Gasteiger partial charge >= 0.3 is 0 Å². The lowest BCUT2D eigenvalue weighted by Gasteiger charge is -2.38. The van der Waals surface area contributed by atoms with Gasteiger partial charge in [-0.15, -0.1) is 0 Å². The summed E-state index contributed by atoms with van der Waals surface area (Å²) in [5.41, 5.74) is 2.45. The van der Waals surface area contributed by atoms with E-state index in [1.807, 2.05) is 48.2 Å². The second-order valence-corrected chi connectivity index (χ2v) is 7.24. The van der Waals surface area contributed by atoms with E-state index in [9.17, 15) is 9.59 Å². The highest BCUT2D eigenvalue weighted by Gasteiger charge is 2.37. The number of fused-ring (bicyclic) bond motifs is 1. The molecule has 2 saturated heterocycles. The van der Waals surface area contributed by atoms with Crippen LogP contribution in [0.25, 0.3) is 0 Å². The van der Waals surface area contributed by atoms with Crippen LogP contribution in [0.5, 0.6) is 0 Å². The summed E-state index contributed by atoms with van der Waals surface area (Å²) in [5, 5.41) is 0. The van der Waals surface area contributed by atoms with E-state index in [4.69, 9.17) is 4.74 Å². The highest BCUT2D eigenvalue weighted by molar-refractivity contribution is 5.95. The van der Waals surface area contributed by atoms with Crippen molar-refractivity contribution in [3.8, 4) is 0 Å². The fourth-order valence-corrected chi connectivity index (χ4v) is 3.89. The molecule has 2 aromatic rings. The van der Waals surface area contributed by atoms with Gasteiger partial charge in [-0.05, 0) is 37.1 Å². The first-order chi connectivity index (χ1) is 13.1. The third kappa shape index (κ3) is 3.71. The molecule has 4 rings (SSSR count). The Balaban J connectivity index is 1.53. The first kappa shape index (κ1) is 17.7. The minimum absolute atomic E-state index is 0.00217. The number of pyridine rings is 1. The number of ether oxygens (including phenoxy) is 1. The Bertz CT molecular complexity index is 840. The van der Waals surface area contributed by atoms with Crippen molar-refractivity contribution < 1.29 is 14.3 Å². The number of hydrogen-bond acceptors (Lipinski definition) is 4. The van der Waals surface area contributed by atoms with E-state index < -0.39 is 0 Å². The summed E-state index contributed by atoms with van der Waals surface area (Å²) in [7, 11) is 0. The Morgan fingerprint density at radius 1 is 1.19 bits per heavy atom. The summed E-state index contributed by atoms with van der Waals surface area (Å²) in [4.78, 5) is 33.2. The molecule has 0 N–H and O–H groups in total. The maximum absolute atomic E-state index is 12.9. The molecule has 2 atom stereocenters. The fraction of sp³-hybridized carbons (Fsp3) is 0.381. The minimum atomic E-state index is -0.0311. The summed E-state index contributed by atoms with van der Waals surface area (Å²) in [6.07, 6.45) is 4.10. The number of aromatic nitrogens is 1. The standard InChI is InChI=1S/C21H23N3O3/c1-15-9-16(11-22-10-15)21(26)23-8-7-19-17(12-23)13-24(20(25)14-27-19)18-5-3-2-4-6-18/h2-6,9-11,17,19H,7-8,12-14H2,1H3/t17-,19+/m1/s1. The summed E-state index contributed by atoms with van der Waals surface area (Å²) < 4.78 is 5.88. The molecule has 140 valence electrons. The summed E-state index contributed by atoms with van der Waals surface area (Å²) in [6, 6.07) is 11.5. The quantitative estimate of drug-likeness (QED) is 0.819. The number of carbonyl (C=O) groups excluding carboxylic acids is 2. The Labute approximate surface area is 158 Å². The van der Waals surface area contributed by atoms with Gasteiger partial charge in [0, 0.05) is 43.6 Å². The van der Waals surface area contributed by atoms with Crippen molar-refractivity contribution in [2.45, 2.75) is 19.4 Å². The zero-order valence-electron chi connectivity index (χ0n) is 15.4. The number of anilines is 1. The van der Waals surface area contributed by atoms with Crippen molar-refractivity contribution in [1.82, 2.24) is 9.88 Å². The van der Waals surface area contributed by atoms with Gasteiger partial charge in [-0.3, -0.25) is 14.6 Å². The maximum Gasteiger partial charge on any atom is 0.255 e. The Kier molecular flexibility index (Phi) is 4.90. The topological polar surface area (TPSA) is 62.7 Å². The van der Waals surface area contributed by atoms with Crippen molar-refractivity contribution in [3.05, 3.63) is 59.9 Å². The number of piperidine rings is 1. The summed E-state index contributed by atoms with van der Waals surface area (Å²) in [5.74, 6) is 0.0509. The fourth-order valence-electron chi connectivity index (χ4n) is 3.89. The largest absolute Gasteiger partial charge is 0.368 e. The van der Waals surface area contributed by atoms with Gasteiger partial charge in [-0.1, -0.05) is 18.2 Å². The molecule has 0 spiro atoms. The number of carbonyl (C=O) groups is 2. The van der Waals surface area contributed by atoms with Crippen LogP contribution < -0.4 is 4.90 Å². The van der Waals surface area contributed by atoms with Crippen LogP contribution in [0.4, 0.5) is 5.69 Å². The molecule has 0 saturated carbocycles. The van der Waals surface area contributed by atoms with Gasteiger partial charge < -0.3 is 14.5 Å². The number of rotatable bonds is 2. The molecule has 6 nitrogen and oxygen atoms in total. The monoisotopic (exact) mass is 365 g/mol. The highest BCUT2D eigenvalue weighted by Crippen LogP contribution is 2.27. The van der Waals surface area contributed by atoms with Crippen molar-refractivity contribution in [2.24, 2.45) is 5.92 Å². The molecular formula is C21H23N3O3. The van der Waals surface area contributed by atoms with E-state index in [0.29, 0.717) is 25.2 Å². The minimum Gasteiger partial charge on any atom is -0.368 e. The van der Waals surface area contributed by atoms with Crippen molar-refractivity contribution >= 4 is 17.5 Å². The lowest BCUT2D eigenvalue weighted by atomic mass is 9.93. The van der Waals surface area contributed by atoms with Gasteiger partial charge in [0.25, 0.3) is 11.8 Å². The molecule has 0 bridgehead atoms. The molecule has 2 amide bonds. The number of amides is 2. The Morgan fingerprint density at radius 2 is 2.00 bits per heavy atom. The van der Waals surface area contributed by atoms with E-state index in [2.05, 4.69) is 4.98 Å². The number of hydrogen-bond donors (Lipinski definition) is 0. The van der Waals surface area contributed by atoms with Gasteiger partial charge in [0.05, 0.1) is 11.7 Å². The molecule has 0 unspecified atom stereocenters. The smallest absolute Gasteiger partial charge is 0.255 e. The molecule has 0 aliphatic carbocycles. The van der Waals surface area contributed by atoms with Crippen LogP contribution in [0.3, 0.4) is 0 Å². The van der Waals surface area contributed by atoms with Gasteiger partial charge in [0.15, 0.2) is 0 Å². The van der Waals surface area contributed by atoms with Crippen LogP contribution >= 0.6 is 0 Å². The first-order valence-corrected chi connectivity index (χ1v) is 9.30. The van der Waals surface area contributed by atoms with Gasteiger partial charge in [-0.25, -0.2) is 0 Å². The predicted molar refractivity (Wildman–Crippen MR) is 102 cm³/mol. The molecule has 1 aromatic heterocycles. The average molecular weight is 365 g/mol. The zero-order valence-corrected chi connectivity index (χ0v) is 15.4. The molecule has 3 heterocycles. The number of aryl methyl sites for hydroxylation is 1. The lowest BCUT2D eigenvalue weighted by Crippen LogP contribution is -2.49. The number of benzene rings is 1.